The summed E-state index contributed by atoms with van der Waals surface area (Å²) in [4.78, 5) is 0. The van der Waals surface area contributed by atoms with E-state index in [2.05, 4.69) is 34.9 Å². The van der Waals surface area contributed by atoms with Crippen molar-refractivity contribution in [2.45, 2.75) is 51.1 Å². The van der Waals surface area contributed by atoms with Gasteiger partial charge in [0.25, 0.3) is 0 Å². The van der Waals surface area contributed by atoms with Gasteiger partial charge in [-0.1, -0.05) is 25.0 Å². The lowest BCUT2D eigenvalue weighted by molar-refractivity contribution is 0.0815. The average molecular weight is 288 g/mol. The summed E-state index contributed by atoms with van der Waals surface area (Å²) >= 11 is 0. The fraction of sp³-hybridized carbons (Fsp3) is 0.667. The third-order valence-corrected chi connectivity index (χ3v) is 5.47. The minimum absolute atomic E-state index is 0.552. The van der Waals surface area contributed by atoms with E-state index in [4.69, 9.17) is 4.74 Å². The molecule has 3 nitrogen and oxygen atoms in total. The standard InChI is InChI=1S/C18H28N2O/c1-21-16-7-5-15(6-8-16)14-20-17-4-2-3-9-18(17)10-12-19-13-11-18/h5-8,17,19-20H,2-4,9-14H2,1H3. The van der Waals surface area contributed by atoms with E-state index >= 15 is 0 Å². The van der Waals surface area contributed by atoms with E-state index in [0.29, 0.717) is 11.5 Å². The molecule has 3 rings (SSSR count). The first-order valence-electron chi connectivity index (χ1n) is 8.39. The van der Waals surface area contributed by atoms with Crippen molar-refractivity contribution in [1.82, 2.24) is 10.6 Å². The fourth-order valence-corrected chi connectivity index (χ4v) is 4.13. The minimum atomic E-state index is 0.552. The lowest BCUT2D eigenvalue weighted by atomic mass is 9.65. The summed E-state index contributed by atoms with van der Waals surface area (Å²) in [5, 5.41) is 7.39. The van der Waals surface area contributed by atoms with Crippen LogP contribution in [0, 0.1) is 5.41 Å². The van der Waals surface area contributed by atoms with E-state index in [9.17, 15) is 0 Å². The molecule has 0 bridgehead atoms. The number of benzene rings is 1. The highest BCUT2D eigenvalue weighted by Crippen LogP contribution is 2.43. The first kappa shape index (κ1) is 14.9. The van der Waals surface area contributed by atoms with E-state index < -0.39 is 0 Å². The largest absolute Gasteiger partial charge is 0.497 e. The second-order valence-corrected chi connectivity index (χ2v) is 6.64. The zero-order valence-electron chi connectivity index (χ0n) is 13.2. The molecule has 0 aromatic heterocycles. The van der Waals surface area contributed by atoms with Gasteiger partial charge in [-0.15, -0.1) is 0 Å². The molecule has 3 heteroatoms. The Balaban J connectivity index is 1.61. The van der Waals surface area contributed by atoms with Crippen LogP contribution in [-0.2, 0) is 6.54 Å². The molecular weight excluding hydrogens is 260 g/mol. The molecule has 1 unspecified atom stereocenters. The van der Waals surface area contributed by atoms with Crippen molar-refractivity contribution in [3.05, 3.63) is 29.8 Å². The highest BCUT2D eigenvalue weighted by Gasteiger charge is 2.40. The number of piperidine rings is 1. The lowest BCUT2D eigenvalue weighted by Crippen LogP contribution is -2.52. The van der Waals surface area contributed by atoms with Gasteiger partial charge < -0.3 is 15.4 Å². The number of ether oxygens (including phenoxy) is 1. The van der Waals surface area contributed by atoms with Crippen LogP contribution < -0.4 is 15.4 Å². The van der Waals surface area contributed by atoms with Gasteiger partial charge in [0.05, 0.1) is 7.11 Å². The predicted molar refractivity (Wildman–Crippen MR) is 86.6 cm³/mol. The second kappa shape index (κ2) is 6.80. The Bertz CT molecular complexity index is 429. The molecule has 1 spiro atoms. The molecule has 0 radical (unpaired) electrons. The van der Waals surface area contributed by atoms with Gasteiger partial charge in [0.15, 0.2) is 0 Å². The van der Waals surface area contributed by atoms with E-state index in [1.165, 1.54) is 57.2 Å². The zero-order chi connectivity index (χ0) is 14.5. The molecule has 0 amide bonds. The Hall–Kier alpha value is -1.06. The number of nitrogens with one attached hydrogen (secondary N) is 2. The maximum absolute atomic E-state index is 5.23. The Morgan fingerprint density at radius 2 is 1.90 bits per heavy atom. The van der Waals surface area contributed by atoms with Crippen molar-refractivity contribution in [3.63, 3.8) is 0 Å². The van der Waals surface area contributed by atoms with Gasteiger partial charge in [0.2, 0.25) is 0 Å². The van der Waals surface area contributed by atoms with Crippen LogP contribution in [0.4, 0.5) is 0 Å². The van der Waals surface area contributed by atoms with Gasteiger partial charge in [-0.3, -0.25) is 0 Å². The van der Waals surface area contributed by atoms with Crippen molar-refractivity contribution in [2.24, 2.45) is 5.41 Å². The van der Waals surface area contributed by atoms with Crippen molar-refractivity contribution in [2.75, 3.05) is 20.2 Å². The molecule has 1 aromatic rings. The third kappa shape index (κ3) is 3.41. The normalized spacial score (nSPS) is 24.9. The second-order valence-electron chi connectivity index (χ2n) is 6.64. The predicted octanol–water partition coefficient (Wildman–Crippen LogP) is 3.10. The minimum Gasteiger partial charge on any atom is -0.497 e. The molecule has 1 aliphatic carbocycles. The quantitative estimate of drug-likeness (QED) is 0.893. The summed E-state index contributed by atoms with van der Waals surface area (Å²) in [6, 6.07) is 9.14. The SMILES string of the molecule is COc1ccc(CNC2CCCCC23CCNCC3)cc1. The van der Waals surface area contributed by atoms with Crippen LogP contribution >= 0.6 is 0 Å². The zero-order valence-corrected chi connectivity index (χ0v) is 13.2. The molecule has 2 fully saturated rings. The fourth-order valence-electron chi connectivity index (χ4n) is 4.13. The molecule has 1 saturated carbocycles. The number of hydrogen-bond donors (Lipinski definition) is 2. The van der Waals surface area contributed by atoms with E-state index in [1.807, 2.05) is 0 Å². The van der Waals surface area contributed by atoms with Crippen molar-refractivity contribution in [1.29, 1.82) is 0 Å². The van der Waals surface area contributed by atoms with Crippen LogP contribution in [0.25, 0.3) is 0 Å². The smallest absolute Gasteiger partial charge is 0.118 e. The summed E-state index contributed by atoms with van der Waals surface area (Å²) in [5.74, 6) is 0.936. The van der Waals surface area contributed by atoms with Gasteiger partial charge in [-0.05, 0) is 61.9 Å². The number of rotatable bonds is 4. The van der Waals surface area contributed by atoms with Crippen molar-refractivity contribution < 1.29 is 4.74 Å². The molecule has 2 aliphatic rings. The molecular formula is C18H28N2O. The molecule has 1 aromatic carbocycles. The molecule has 116 valence electrons. The van der Waals surface area contributed by atoms with E-state index in [-0.39, 0.29) is 0 Å². The molecule has 1 aliphatic heterocycles. The highest BCUT2D eigenvalue weighted by atomic mass is 16.5. The van der Waals surface area contributed by atoms with Crippen LogP contribution in [0.5, 0.6) is 5.75 Å². The Morgan fingerprint density at radius 1 is 1.14 bits per heavy atom. The molecule has 1 saturated heterocycles. The van der Waals surface area contributed by atoms with Crippen LogP contribution in [0.3, 0.4) is 0 Å². The highest BCUT2D eigenvalue weighted by molar-refractivity contribution is 5.27. The summed E-state index contributed by atoms with van der Waals surface area (Å²) in [6.45, 7) is 3.37. The first-order chi connectivity index (χ1) is 10.3. The summed E-state index contributed by atoms with van der Waals surface area (Å²) in [7, 11) is 1.72. The van der Waals surface area contributed by atoms with Crippen molar-refractivity contribution >= 4 is 0 Å². The summed E-state index contributed by atoms with van der Waals surface area (Å²) in [5.41, 5.74) is 1.90. The van der Waals surface area contributed by atoms with Gasteiger partial charge >= 0.3 is 0 Å². The van der Waals surface area contributed by atoms with Crippen LogP contribution in [-0.4, -0.2) is 26.2 Å². The molecule has 2 N–H and O–H groups in total. The van der Waals surface area contributed by atoms with E-state index in [0.717, 1.165) is 12.3 Å². The van der Waals surface area contributed by atoms with Crippen molar-refractivity contribution in [3.8, 4) is 5.75 Å². The molecule has 1 heterocycles. The van der Waals surface area contributed by atoms with Crippen LogP contribution in [0.2, 0.25) is 0 Å². The van der Waals surface area contributed by atoms with Gasteiger partial charge in [0.1, 0.15) is 5.75 Å². The topological polar surface area (TPSA) is 33.3 Å². The maximum Gasteiger partial charge on any atom is 0.118 e. The molecule has 1 atom stereocenters. The van der Waals surface area contributed by atoms with Gasteiger partial charge in [-0.2, -0.15) is 0 Å². The summed E-state index contributed by atoms with van der Waals surface area (Å²) < 4.78 is 5.23. The van der Waals surface area contributed by atoms with Gasteiger partial charge in [-0.25, -0.2) is 0 Å². The Morgan fingerprint density at radius 3 is 2.62 bits per heavy atom. The lowest BCUT2D eigenvalue weighted by Gasteiger charge is -2.47. The van der Waals surface area contributed by atoms with Crippen LogP contribution in [0.1, 0.15) is 44.1 Å². The Kier molecular flexibility index (Phi) is 4.81. The summed E-state index contributed by atoms with van der Waals surface area (Å²) in [6.07, 6.45) is 8.24. The average Bonchev–Trinajstić information content (AvgIpc) is 2.55. The van der Waals surface area contributed by atoms with Crippen LogP contribution in [0.15, 0.2) is 24.3 Å². The number of hydrogen-bond acceptors (Lipinski definition) is 3. The monoisotopic (exact) mass is 288 g/mol. The van der Waals surface area contributed by atoms with E-state index in [1.54, 1.807) is 7.11 Å². The Labute approximate surface area is 128 Å². The maximum atomic E-state index is 5.23. The third-order valence-electron chi connectivity index (χ3n) is 5.47. The first-order valence-corrected chi connectivity index (χ1v) is 8.39. The van der Waals surface area contributed by atoms with Gasteiger partial charge in [0, 0.05) is 12.6 Å². The number of methoxy groups -OCH3 is 1. The molecule has 21 heavy (non-hydrogen) atoms.